The lowest BCUT2D eigenvalue weighted by atomic mass is 9.82. The quantitative estimate of drug-likeness (QED) is 0.783. The highest BCUT2D eigenvalue weighted by Gasteiger charge is 2.63. The molecule has 1 aromatic heterocycles. The van der Waals surface area contributed by atoms with Crippen LogP contribution in [0, 0.1) is 6.92 Å². The molecule has 0 aromatic carbocycles. The Kier molecular flexibility index (Phi) is 3.56. The minimum atomic E-state index is -0.673. The fourth-order valence-corrected chi connectivity index (χ4v) is 4.28. The molecular weight excluding hydrogens is 310 g/mol. The van der Waals surface area contributed by atoms with Crippen LogP contribution in [0.5, 0.6) is 0 Å². The molecule has 3 saturated heterocycles. The highest BCUT2D eigenvalue weighted by atomic mass is 16.3. The summed E-state index contributed by atoms with van der Waals surface area (Å²) < 4.78 is 5.56. The topological polar surface area (TPSA) is 77.2 Å². The lowest BCUT2D eigenvalue weighted by molar-refractivity contribution is -0.180. The van der Waals surface area contributed by atoms with Crippen molar-refractivity contribution in [3.8, 4) is 0 Å². The number of nitrogens with zero attached hydrogens (tertiary/aromatic N) is 3. The molecule has 4 rings (SSSR count). The van der Waals surface area contributed by atoms with E-state index in [0.717, 1.165) is 12.3 Å². The van der Waals surface area contributed by atoms with Crippen LogP contribution in [0.3, 0.4) is 0 Å². The van der Waals surface area contributed by atoms with Crippen LogP contribution in [-0.2, 0) is 16.1 Å². The van der Waals surface area contributed by atoms with Crippen molar-refractivity contribution in [2.45, 2.75) is 44.5 Å². The number of hydrogen-bond donors (Lipinski definition) is 1. The molecule has 24 heavy (non-hydrogen) atoms. The van der Waals surface area contributed by atoms with E-state index in [9.17, 15) is 14.7 Å². The van der Waals surface area contributed by atoms with Gasteiger partial charge in [-0.3, -0.25) is 24.3 Å². The van der Waals surface area contributed by atoms with Crippen LogP contribution in [0.2, 0.25) is 0 Å². The Morgan fingerprint density at radius 3 is 2.71 bits per heavy atom. The molecule has 4 heterocycles. The summed E-state index contributed by atoms with van der Waals surface area (Å²) in [5.41, 5.74) is -0.673. The molecule has 0 bridgehead atoms. The summed E-state index contributed by atoms with van der Waals surface area (Å²) in [6, 6.07) is 3.22. The number of amides is 2. The first-order chi connectivity index (χ1) is 11.4. The zero-order chi connectivity index (χ0) is 17.1. The summed E-state index contributed by atoms with van der Waals surface area (Å²) in [7, 11) is 0. The number of hydrogen-bond acceptors (Lipinski definition) is 6. The van der Waals surface area contributed by atoms with E-state index in [1.807, 2.05) is 17.9 Å². The molecule has 2 amide bonds. The molecule has 2 atom stereocenters. The minimum Gasteiger partial charge on any atom is -0.464 e. The first-order valence-corrected chi connectivity index (χ1v) is 8.53. The van der Waals surface area contributed by atoms with Crippen LogP contribution in [0.1, 0.15) is 24.9 Å². The monoisotopic (exact) mass is 333 g/mol. The van der Waals surface area contributed by atoms with Crippen molar-refractivity contribution in [3.63, 3.8) is 0 Å². The number of rotatable bonds is 3. The largest absolute Gasteiger partial charge is 0.464 e. The second kappa shape index (κ2) is 5.40. The molecule has 1 N–H and O–H groups in total. The van der Waals surface area contributed by atoms with Gasteiger partial charge in [-0.15, -0.1) is 0 Å². The second-order valence-corrected chi connectivity index (χ2v) is 7.13. The predicted octanol–water partition coefficient (Wildman–Crippen LogP) is -0.0337. The van der Waals surface area contributed by atoms with Gasteiger partial charge in [0.05, 0.1) is 18.7 Å². The second-order valence-electron chi connectivity index (χ2n) is 7.13. The van der Waals surface area contributed by atoms with Gasteiger partial charge in [0.25, 0.3) is 5.91 Å². The minimum absolute atomic E-state index is 0.156. The summed E-state index contributed by atoms with van der Waals surface area (Å²) in [6.07, 6.45) is -0.154. The average molecular weight is 333 g/mol. The number of fused-ring (bicyclic) bond motifs is 2. The molecule has 7 heteroatoms. The highest BCUT2D eigenvalue weighted by molar-refractivity contribution is 6.06. The van der Waals surface area contributed by atoms with E-state index < -0.39 is 17.7 Å². The van der Waals surface area contributed by atoms with E-state index in [1.54, 1.807) is 6.07 Å². The lowest BCUT2D eigenvalue weighted by Crippen LogP contribution is -2.81. The SMILES string of the molecule is CCN1CC2(C1)C(=O)N(Cc1ccc(C)o1)C(=O)[C@@H]1C[C@@H](O)CN12. The molecule has 7 nitrogen and oxygen atoms in total. The molecule has 0 saturated carbocycles. The van der Waals surface area contributed by atoms with Gasteiger partial charge < -0.3 is 9.52 Å². The van der Waals surface area contributed by atoms with E-state index in [1.165, 1.54) is 4.90 Å². The van der Waals surface area contributed by atoms with Crippen LogP contribution in [0.15, 0.2) is 16.5 Å². The van der Waals surface area contributed by atoms with Gasteiger partial charge in [0.1, 0.15) is 17.1 Å². The van der Waals surface area contributed by atoms with Crippen molar-refractivity contribution in [2.24, 2.45) is 0 Å². The van der Waals surface area contributed by atoms with E-state index >= 15 is 0 Å². The predicted molar refractivity (Wildman–Crippen MR) is 85.0 cm³/mol. The van der Waals surface area contributed by atoms with Gasteiger partial charge in [-0.05, 0) is 32.0 Å². The van der Waals surface area contributed by atoms with Crippen LogP contribution < -0.4 is 0 Å². The zero-order valence-corrected chi connectivity index (χ0v) is 14.1. The van der Waals surface area contributed by atoms with Crippen molar-refractivity contribution in [2.75, 3.05) is 26.2 Å². The fraction of sp³-hybridized carbons (Fsp3) is 0.647. The van der Waals surface area contributed by atoms with Crippen LogP contribution in [0.4, 0.5) is 0 Å². The van der Waals surface area contributed by atoms with E-state index in [-0.39, 0.29) is 18.4 Å². The third-order valence-corrected chi connectivity index (χ3v) is 5.55. The van der Waals surface area contributed by atoms with Crippen LogP contribution in [0.25, 0.3) is 0 Å². The highest BCUT2D eigenvalue weighted by Crippen LogP contribution is 2.40. The van der Waals surface area contributed by atoms with Gasteiger partial charge in [0, 0.05) is 19.6 Å². The number of β-amino-alcohol motifs (C(OH)–C–C–N with tert-alkyl or cyclic N) is 1. The van der Waals surface area contributed by atoms with Crippen LogP contribution in [-0.4, -0.2) is 75.5 Å². The smallest absolute Gasteiger partial charge is 0.252 e. The van der Waals surface area contributed by atoms with Gasteiger partial charge in [0.15, 0.2) is 0 Å². The number of furan rings is 1. The Balaban J connectivity index is 1.65. The Morgan fingerprint density at radius 2 is 2.08 bits per heavy atom. The molecular formula is C17H23N3O4. The average Bonchev–Trinajstić information content (AvgIpc) is 3.09. The first-order valence-electron chi connectivity index (χ1n) is 8.53. The molecule has 1 aromatic rings. The van der Waals surface area contributed by atoms with Crippen molar-refractivity contribution in [3.05, 3.63) is 23.7 Å². The van der Waals surface area contributed by atoms with E-state index in [4.69, 9.17) is 4.42 Å². The number of likely N-dealkylation sites (tertiary alicyclic amines) is 1. The summed E-state index contributed by atoms with van der Waals surface area (Å²) >= 11 is 0. The van der Waals surface area contributed by atoms with E-state index in [2.05, 4.69) is 11.8 Å². The van der Waals surface area contributed by atoms with Gasteiger partial charge in [-0.25, -0.2) is 0 Å². The summed E-state index contributed by atoms with van der Waals surface area (Å²) in [5, 5.41) is 10.1. The summed E-state index contributed by atoms with van der Waals surface area (Å²) in [4.78, 5) is 31.5. The molecule has 130 valence electrons. The zero-order valence-electron chi connectivity index (χ0n) is 14.1. The number of carbonyl (C=O) groups excluding carboxylic acids is 2. The molecule has 0 aliphatic carbocycles. The number of likely N-dealkylation sites (N-methyl/N-ethyl adjacent to an activating group) is 1. The fourth-order valence-electron chi connectivity index (χ4n) is 4.28. The Bertz CT molecular complexity index is 679. The van der Waals surface area contributed by atoms with Gasteiger partial charge in [-0.2, -0.15) is 0 Å². The normalized spacial score (nSPS) is 30.0. The molecule has 3 aliphatic heterocycles. The van der Waals surface area contributed by atoms with E-state index in [0.29, 0.717) is 31.8 Å². The molecule has 0 radical (unpaired) electrons. The lowest BCUT2D eigenvalue weighted by Gasteiger charge is -2.58. The van der Waals surface area contributed by atoms with Gasteiger partial charge in [-0.1, -0.05) is 6.92 Å². The summed E-state index contributed by atoms with van der Waals surface area (Å²) in [5.74, 6) is 1.00. The number of carbonyl (C=O) groups is 2. The van der Waals surface area contributed by atoms with Crippen molar-refractivity contribution < 1.29 is 19.1 Å². The molecule has 3 aliphatic rings. The maximum absolute atomic E-state index is 13.2. The van der Waals surface area contributed by atoms with Crippen molar-refractivity contribution in [1.29, 1.82) is 0 Å². The van der Waals surface area contributed by atoms with Gasteiger partial charge >= 0.3 is 0 Å². The molecule has 0 unspecified atom stereocenters. The molecule has 1 spiro atoms. The van der Waals surface area contributed by atoms with Crippen molar-refractivity contribution in [1.82, 2.24) is 14.7 Å². The third kappa shape index (κ3) is 2.15. The number of aliphatic hydroxyl groups excluding tert-OH is 1. The summed E-state index contributed by atoms with van der Waals surface area (Å²) in [6.45, 7) is 6.57. The van der Waals surface area contributed by atoms with Crippen LogP contribution >= 0.6 is 0 Å². The standard InChI is InChI=1S/C17H23N3O4/c1-3-18-9-17(10-18)16(23)19(8-13-5-4-11(2)24-13)15(22)14-6-12(21)7-20(14)17/h4-5,12,14,21H,3,6-10H2,1-2H3/t12-,14+/m1/s1. The maximum Gasteiger partial charge on any atom is 0.252 e. The maximum atomic E-state index is 13.2. The number of aryl methyl sites for hydroxylation is 1. The number of aliphatic hydroxyl groups is 1. The number of piperazine rings is 1. The Labute approximate surface area is 140 Å². The Morgan fingerprint density at radius 1 is 1.33 bits per heavy atom. The van der Waals surface area contributed by atoms with Gasteiger partial charge in [0.2, 0.25) is 5.91 Å². The Hall–Kier alpha value is -1.70. The first kappa shape index (κ1) is 15.8. The number of imide groups is 1. The molecule has 3 fully saturated rings. The third-order valence-electron chi connectivity index (χ3n) is 5.55. The van der Waals surface area contributed by atoms with Crippen molar-refractivity contribution >= 4 is 11.8 Å².